The van der Waals surface area contributed by atoms with Gasteiger partial charge in [0.1, 0.15) is 4.92 Å². The van der Waals surface area contributed by atoms with Crippen molar-refractivity contribution in [3.05, 3.63) is 10.1 Å². The van der Waals surface area contributed by atoms with E-state index >= 15 is 0 Å². The van der Waals surface area contributed by atoms with Crippen molar-refractivity contribution in [1.29, 1.82) is 0 Å². The van der Waals surface area contributed by atoms with Crippen molar-refractivity contribution in [2.75, 3.05) is 0 Å². The number of halogens is 3. The third-order valence-electron chi connectivity index (χ3n) is 1.48. The smallest absolute Gasteiger partial charge is 0.288 e. The monoisotopic (exact) mass is 213 g/mol. The third-order valence-corrected chi connectivity index (χ3v) is 1.48. The standard InChI is InChI=1S/C6H6F3NO4/c1-2-3(5(12)10(13)14)4(11)6(7,8)9/h3H,2H2,1H3. The molecule has 0 aromatic rings. The molecule has 0 spiro atoms. The average Bonchev–Trinajstić information content (AvgIpc) is 2.03. The fourth-order valence-corrected chi connectivity index (χ4v) is 0.797. The molecule has 0 aliphatic carbocycles. The summed E-state index contributed by atoms with van der Waals surface area (Å²) < 4.78 is 35.4. The van der Waals surface area contributed by atoms with Crippen LogP contribution in [0.5, 0.6) is 0 Å². The molecule has 0 saturated heterocycles. The fraction of sp³-hybridized carbons (Fsp3) is 0.667. The van der Waals surface area contributed by atoms with Crippen molar-refractivity contribution in [1.82, 2.24) is 0 Å². The molecule has 1 atom stereocenters. The van der Waals surface area contributed by atoms with Crippen LogP contribution in [0.25, 0.3) is 0 Å². The molecule has 0 rings (SSSR count). The van der Waals surface area contributed by atoms with E-state index in [1.165, 1.54) is 0 Å². The summed E-state index contributed by atoms with van der Waals surface area (Å²) in [5.41, 5.74) is 0. The predicted molar refractivity (Wildman–Crippen MR) is 36.8 cm³/mol. The fourth-order valence-electron chi connectivity index (χ4n) is 0.797. The summed E-state index contributed by atoms with van der Waals surface area (Å²) in [6.07, 6.45) is -5.76. The maximum atomic E-state index is 11.8. The molecule has 0 fully saturated rings. The Balaban J connectivity index is 4.84. The Morgan fingerprint density at radius 1 is 1.43 bits per heavy atom. The summed E-state index contributed by atoms with van der Waals surface area (Å²) in [5, 5.41) is 9.87. The SMILES string of the molecule is CCC(C(=O)[N+](=O)[O-])C(=O)C(F)(F)F. The number of rotatable bonds is 3. The van der Waals surface area contributed by atoms with E-state index in [4.69, 9.17) is 0 Å². The van der Waals surface area contributed by atoms with E-state index in [0.29, 0.717) is 0 Å². The summed E-state index contributed by atoms with van der Waals surface area (Å²) in [6, 6.07) is 0. The number of ketones is 1. The first-order valence-corrected chi connectivity index (χ1v) is 3.51. The van der Waals surface area contributed by atoms with Gasteiger partial charge >= 0.3 is 12.1 Å². The number of hydrogen-bond donors (Lipinski definition) is 0. The molecule has 80 valence electrons. The number of Topliss-reactive ketones (excluding diaryl/α,β-unsaturated/α-hetero) is 1. The molecule has 0 aliphatic heterocycles. The van der Waals surface area contributed by atoms with Gasteiger partial charge in [-0.3, -0.25) is 14.9 Å². The van der Waals surface area contributed by atoms with Crippen molar-refractivity contribution in [2.45, 2.75) is 19.5 Å². The molecule has 14 heavy (non-hydrogen) atoms. The molecule has 1 amide bonds. The molecular formula is C6H6F3NO4. The van der Waals surface area contributed by atoms with Crippen LogP contribution in [0.3, 0.4) is 0 Å². The van der Waals surface area contributed by atoms with Gasteiger partial charge in [-0.25, -0.2) is 4.79 Å². The van der Waals surface area contributed by atoms with Gasteiger partial charge in [-0.05, 0) is 6.42 Å². The molecule has 0 bridgehead atoms. The second-order valence-electron chi connectivity index (χ2n) is 2.42. The van der Waals surface area contributed by atoms with Crippen molar-refractivity contribution in [3.63, 3.8) is 0 Å². The lowest BCUT2D eigenvalue weighted by Gasteiger charge is -2.09. The number of amides is 1. The van der Waals surface area contributed by atoms with Crippen LogP contribution in [-0.2, 0) is 9.59 Å². The predicted octanol–water partition coefficient (Wildman–Crippen LogP) is 0.947. The number of carbonyl (C=O) groups excluding carboxylic acids is 2. The van der Waals surface area contributed by atoms with Gasteiger partial charge in [0.2, 0.25) is 0 Å². The highest BCUT2D eigenvalue weighted by Gasteiger charge is 2.49. The second kappa shape index (κ2) is 4.16. The lowest BCUT2D eigenvalue weighted by atomic mass is 10.0. The highest BCUT2D eigenvalue weighted by Crippen LogP contribution is 2.23. The minimum atomic E-state index is -5.22. The van der Waals surface area contributed by atoms with Crippen LogP contribution >= 0.6 is 0 Å². The quantitative estimate of drug-likeness (QED) is 0.397. The van der Waals surface area contributed by atoms with Gasteiger partial charge in [-0.1, -0.05) is 6.92 Å². The molecule has 1 unspecified atom stereocenters. The lowest BCUT2D eigenvalue weighted by molar-refractivity contribution is -0.405. The highest BCUT2D eigenvalue weighted by molar-refractivity contribution is 6.01. The van der Waals surface area contributed by atoms with Gasteiger partial charge in [-0.2, -0.15) is 13.2 Å². The largest absolute Gasteiger partial charge is 0.455 e. The van der Waals surface area contributed by atoms with Gasteiger partial charge in [-0.15, -0.1) is 0 Å². The van der Waals surface area contributed by atoms with E-state index in [-0.39, 0.29) is 0 Å². The number of nitrogens with zero attached hydrogens (tertiary/aromatic N) is 1. The maximum absolute atomic E-state index is 11.8. The molecule has 0 aromatic carbocycles. The van der Waals surface area contributed by atoms with Crippen LogP contribution in [0, 0.1) is 16.0 Å². The van der Waals surface area contributed by atoms with E-state index in [1.54, 1.807) is 0 Å². The topological polar surface area (TPSA) is 77.3 Å². The first-order valence-electron chi connectivity index (χ1n) is 3.51. The minimum absolute atomic E-state index is 0.543. The second-order valence-corrected chi connectivity index (χ2v) is 2.42. The van der Waals surface area contributed by atoms with Gasteiger partial charge < -0.3 is 0 Å². The van der Waals surface area contributed by atoms with Crippen LogP contribution in [0.2, 0.25) is 0 Å². The zero-order valence-corrected chi connectivity index (χ0v) is 7.00. The van der Waals surface area contributed by atoms with Crippen molar-refractivity contribution >= 4 is 11.7 Å². The zero-order valence-electron chi connectivity index (χ0n) is 7.00. The summed E-state index contributed by atoms with van der Waals surface area (Å²) in [5.74, 6) is -6.53. The normalized spacial score (nSPS) is 13.4. The summed E-state index contributed by atoms with van der Waals surface area (Å²) in [7, 11) is 0. The zero-order chi connectivity index (χ0) is 11.5. The molecule has 0 aliphatic rings. The van der Waals surface area contributed by atoms with Crippen LogP contribution in [0.1, 0.15) is 13.3 Å². The first-order chi connectivity index (χ1) is 6.21. The van der Waals surface area contributed by atoms with Crippen molar-refractivity contribution < 1.29 is 27.7 Å². The van der Waals surface area contributed by atoms with Crippen LogP contribution in [0.4, 0.5) is 13.2 Å². The van der Waals surface area contributed by atoms with Gasteiger partial charge in [0, 0.05) is 0 Å². The Bertz CT molecular complexity index is 273. The van der Waals surface area contributed by atoms with E-state index in [0.717, 1.165) is 6.92 Å². The number of hydrogen-bond acceptors (Lipinski definition) is 4. The van der Waals surface area contributed by atoms with Gasteiger partial charge in [0.25, 0.3) is 5.78 Å². The maximum Gasteiger partial charge on any atom is 0.455 e. The summed E-state index contributed by atoms with van der Waals surface area (Å²) in [6.45, 7) is 1.09. The van der Waals surface area contributed by atoms with Gasteiger partial charge in [0.15, 0.2) is 5.92 Å². The van der Waals surface area contributed by atoms with Crippen molar-refractivity contribution in [2.24, 2.45) is 5.92 Å². The highest BCUT2D eigenvalue weighted by atomic mass is 19.4. The molecular weight excluding hydrogens is 207 g/mol. The number of alkyl halides is 3. The Hall–Kier alpha value is -1.47. The number of nitro groups is 1. The molecule has 0 radical (unpaired) electrons. The van der Waals surface area contributed by atoms with Crippen LogP contribution in [0.15, 0.2) is 0 Å². The molecule has 0 N–H and O–H groups in total. The third kappa shape index (κ3) is 2.79. The Morgan fingerprint density at radius 3 is 2.07 bits per heavy atom. The summed E-state index contributed by atoms with van der Waals surface area (Å²) in [4.78, 5) is 29.4. The molecule has 8 heteroatoms. The van der Waals surface area contributed by atoms with Crippen LogP contribution in [-0.4, -0.2) is 22.8 Å². The minimum Gasteiger partial charge on any atom is -0.288 e. The molecule has 5 nitrogen and oxygen atoms in total. The molecule has 0 heterocycles. The Labute approximate surface area is 76.0 Å². The van der Waals surface area contributed by atoms with E-state index < -0.39 is 35.1 Å². The average molecular weight is 213 g/mol. The Kier molecular flexibility index (Phi) is 3.72. The van der Waals surface area contributed by atoms with Crippen molar-refractivity contribution in [3.8, 4) is 0 Å². The van der Waals surface area contributed by atoms with Crippen LogP contribution < -0.4 is 0 Å². The summed E-state index contributed by atoms with van der Waals surface area (Å²) >= 11 is 0. The van der Waals surface area contributed by atoms with E-state index in [9.17, 15) is 32.9 Å². The lowest BCUT2D eigenvalue weighted by Crippen LogP contribution is -2.37. The van der Waals surface area contributed by atoms with E-state index in [2.05, 4.69) is 0 Å². The number of carbonyl (C=O) groups is 2. The Morgan fingerprint density at radius 2 is 1.86 bits per heavy atom. The van der Waals surface area contributed by atoms with Gasteiger partial charge in [0.05, 0.1) is 0 Å². The molecule has 0 saturated carbocycles. The van der Waals surface area contributed by atoms with E-state index in [1.807, 2.05) is 0 Å². The molecule has 0 aromatic heterocycles. The first kappa shape index (κ1) is 12.5.